The number of aryl methyl sites for hydroxylation is 2. The first-order chi connectivity index (χ1) is 14.6. The van der Waals surface area contributed by atoms with E-state index in [2.05, 4.69) is 10.0 Å². The van der Waals surface area contributed by atoms with Gasteiger partial charge in [0.25, 0.3) is 15.9 Å². The topological polar surface area (TPSA) is 75.3 Å². The van der Waals surface area contributed by atoms with Crippen LogP contribution in [0.1, 0.15) is 40.9 Å². The summed E-state index contributed by atoms with van der Waals surface area (Å²) in [5.41, 5.74) is 3.30. The van der Waals surface area contributed by atoms with Crippen LogP contribution in [-0.2, 0) is 16.4 Å². The van der Waals surface area contributed by atoms with Gasteiger partial charge in [-0.2, -0.15) is 0 Å². The minimum Gasteiger partial charge on any atom is -0.347 e. The van der Waals surface area contributed by atoms with Gasteiger partial charge in [-0.15, -0.1) is 0 Å². The van der Waals surface area contributed by atoms with E-state index in [9.17, 15) is 13.2 Å². The van der Waals surface area contributed by atoms with Crippen molar-refractivity contribution < 1.29 is 13.2 Å². The van der Waals surface area contributed by atoms with Crippen molar-refractivity contribution in [2.24, 2.45) is 0 Å². The van der Waals surface area contributed by atoms with Crippen LogP contribution < -0.4 is 10.0 Å². The molecule has 0 spiro atoms. The summed E-state index contributed by atoms with van der Waals surface area (Å²) in [6.07, 6.45) is 0.701. The molecule has 162 valence electrons. The van der Waals surface area contributed by atoms with Gasteiger partial charge < -0.3 is 5.32 Å². The Morgan fingerprint density at radius 3 is 2.16 bits per heavy atom. The average molecular weight is 437 g/mol. The Hall–Kier alpha value is -3.12. The van der Waals surface area contributed by atoms with Gasteiger partial charge >= 0.3 is 0 Å². The zero-order valence-electron chi connectivity index (χ0n) is 18.3. The van der Waals surface area contributed by atoms with E-state index < -0.39 is 15.6 Å². The van der Waals surface area contributed by atoms with Crippen molar-refractivity contribution in [3.8, 4) is 0 Å². The van der Waals surface area contributed by atoms with Gasteiger partial charge in [0.15, 0.2) is 0 Å². The maximum Gasteiger partial charge on any atom is 0.261 e. The number of benzene rings is 3. The third-order valence-corrected chi connectivity index (χ3v) is 6.39. The van der Waals surface area contributed by atoms with Gasteiger partial charge in [0.2, 0.25) is 0 Å². The van der Waals surface area contributed by atoms with Crippen LogP contribution in [0.4, 0.5) is 5.69 Å². The number of nitrogens with one attached hydrogen (secondary N) is 2. The van der Waals surface area contributed by atoms with E-state index in [-0.39, 0.29) is 10.8 Å². The molecule has 0 aliphatic rings. The monoisotopic (exact) mass is 436 g/mol. The van der Waals surface area contributed by atoms with E-state index in [0.29, 0.717) is 23.2 Å². The molecule has 0 radical (unpaired) electrons. The molecule has 3 rings (SSSR count). The number of rotatable bonds is 7. The van der Waals surface area contributed by atoms with Crippen LogP contribution in [0, 0.1) is 13.8 Å². The summed E-state index contributed by atoms with van der Waals surface area (Å²) in [6.45, 7) is 7.64. The number of amides is 1. The normalized spacial score (nSPS) is 11.7. The van der Waals surface area contributed by atoms with E-state index in [1.807, 2.05) is 51.1 Å². The summed E-state index contributed by atoms with van der Waals surface area (Å²) in [7, 11) is -3.70. The number of carbonyl (C=O) groups is 1. The van der Waals surface area contributed by atoms with E-state index in [1.165, 1.54) is 0 Å². The summed E-state index contributed by atoms with van der Waals surface area (Å²) in [5.74, 6) is -0.197. The Morgan fingerprint density at radius 2 is 1.55 bits per heavy atom. The first-order valence-electron chi connectivity index (χ1n) is 10.1. The fourth-order valence-corrected chi connectivity index (χ4v) is 4.50. The standard InChI is InChI=1S/C25H28N2O3S/c1-18-10-13-22(14-11-18)31(29,30)27-23-15-12-21(16-19(23)2)24(28)26-25(3,4)17-20-8-6-5-7-9-20/h5-16,27H,17H2,1-4H3,(H,26,28). The third-order valence-electron chi connectivity index (χ3n) is 5.01. The Kier molecular flexibility index (Phi) is 6.51. The third kappa shape index (κ3) is 5.95. The predicted octanol–water partition coefficient (Wildman–Crippen LogP) is 4.86. The first-order valence-corrected chi connectivity index (χ1v) is 11.6. The molecular formula is C25H28N2O3S. The Labute approximate surface area is 184 Å². The van der Waals surface area contributed by atoms with Crippen LogP contribution in [0.5, 0.6) is 0 Å². The number of sulfonamides is 1. The Bertz CT molecular complexity index is 1170. The molecule has 0 aliphatic carbocycles. The molecule has 3 aromatic carbocycles. The van der Waals surface area contributed by atoms with Crippen molar-refractivity contribution in [2.75, 3.05) is 4.72 Å². The molecular weight excluding hydrogens is 408 g/mol. The second kappa shape index (κ2) is 8.94. The lowest BCUT2D eigenvalue weighted by Gasteiger charge is -2.26. The van der Waals surface area contributed by atoms with Crippen LogP contribution in [0.15, 0.2) is 77.7 Å². The smallest absolute Gasteiger partial charge is 0.261 e. The molecule has 0 saturated heterocycles. The summed E-state index contributed by atoms with van der Waals surface area (Å²) in [4.78, 5) is 13.0. The average Bonchev–Trinajstić information content (AvgIpc) is 2.69. The highest BCUT2D eigenvalue weighted by molar-refractivity contribution is 7.92. The molecule has 5 nitrogen and oxygen atoms in total. The minimum absolute atomic E-state index is 0.196. The number of hydrogen-bond acceptors (Lipinski definition) is 3. The minimum atomic E-state index is -3.70. The van der Waals surface area contributed by atoms with Crippen molar-refractivity contribution >= 4 is 21.6 Å². The van der Waals surface area contributed by atoms with Crippen molar-refractivity contribution in [2.45, 2.75) is 44.6 Å². The van der Waals surface area contributed by atoms with Gasteiger partial charge in [0.1, 0.15) is 0 Å². The molecule has 1 amide bonds. The molecule has 0 saturated carbocycles. The fraction of sp³-hybridized carbons (Fsp3) is 0.240. The lowest BCUT2D eigenvalue weighted by Crippen LogP contribution is -2.45. The summed E-state index contributed by atoms with van der Waals surface area (Å²) in [6, 6.07) is 21.6. The predicted molar refractivity (Wildman–Crippen MR) is 125 cm³/mol. The molecule has 31 heavy (non-hydrogen) atoms. The van der Waals surface area contributed by atoms with E-state index >= 15 is 0 Å². The second-order valence-electron chi connectivity index (χ2n) is 8.45. The van der Waals surface area contributed by atoms with Crippen LogP contribution >= 0.6 is 0 Å². The highest BCUT2D eigenvalue weighted by Crippen LogP contribution is 2.22. The lowest BCUT2D eigenvalue weighted by molar-refractivity contribution is 0.0913. The van der Waals surface area contributed by atoms with E-state index in [0.717, 1.165) is 11.1 Å². The highest BCUT2D eigenvalue weighted by Gasteiger charge is 2.22. The van der Waals surface area contributed by atoms with Gasteiger partial charge in [0, 0.05) is 11.1 Å². The molecule has 0 heterocycles. The first kappa shape index (κ1) is 22.6. The maximum atomic E-state index is 12.8. The molecule has 0 fully saturated rings. The van der Waals surface area contributed by atoms with Gasteiger partial charge in [-0.1, -0.05) is 48.0 Å². The molecule has 2 N–H and O–H groups in total. The molecule has 3 aromatic rings. The molecule has 0 bridgehead atoms. The molecule has 0 atom stereocenters. The zero-order valence-corrected chi connectivity index (χ0v) is 19.1. The van der Waals surface area contributed by atoms with Crippen LogP contribution in [0.3, 0.4) is 0 Å². The molecule has 0 aromatic heterocycles. The molecule has 0 aliphatic heterocycles. The zero-order chi connectivity index (χ0) is 22.6. The van der Waals surface area contributed by atoms with Crippen molar-refractivity contribution in [3.05, 3.63) is 95.1 Å². The van der Waals surface area contributed by atoms with Crippen LogP contribution in [0.2, 0.25) is 0 Å². The second-order valence-corrected chi connectivity index (χ2v) is 10.1. The summed E-state index contributed by atoms with van der Waals surface area (Å²) >= 11 is 0. The van der Waals surface area contributed by atoms with Crippen molar-refractivity contribution in [1.29, 1.82) is 0 Å². The summed E-state index contributed by atoms with van der Waals surface area (Å²) < 4.78 is 27.9. The quantitative estimate of drug-likeness (QED) is 0.556. The Morgan fingerprint density at radius 1 is 0.903 bits per heavy atom. The number of anilines is 1. The highest BCUT2D eigenvalue weighted by atomic mass is 32.2. The van der Waals surface area contributed by atoms with Gasteiger partial charge in [0.05, 0.1) is 10.6 Å². The molecule has 6 heteroatoms. The van der Waals surface area contributed by atoms with E-state index in [4.69, 9.17) is 0 Å². The van der Waals surface area contributed by atoms with Crippen LogP contribution in [0.25, 0.3) is 0 Å². The summed E-state index contributed by atoms with van der Waals surface area (Å²) in [5, 5.41) is 3.07. The van der Waals surface area contributed by atoms with E-state index in [1.54, 1.807) is 49.4 Å². The van der Waals surface area contributed by atoms with Gasteiger partial charge in [-0.25, -0.2) is 8.42 Å². The van der Waals surface area contributed by atoms with Gasteiger partial charge in [-0.05, 0) is 75.6 Å². The lowest BCUT2D eigenvalue weighted by atomic mass is 9.94. The van der Waals surface area contributed by atoms with Crippen molar-refractivity contribution in [1.82, 2.24) is 5.32 Å². The largest absolute Gasteiger partial charge is 0.347 e. The van der Waals surface area contributed by atoms with Gasteiger partial charge in [-0.3, -0.25) is 9.52 Å². The van der Waals surface area contributed by atoms with Crippen LogP contribution in [-0.4, -0.2) is 19.9 Å². The maximum absolute atomic E-state index is 12.8. The molecule has 0 unspecified atom stereocenters. The SMILES string of the molecule is Cc1ccc(S(=O)(=O)Nc2ccc(C(=O)NC(C)(C)Cc3ccccc3)cc2C)cc1. The Balaban J connectivity index is 1.72. The number of carbonyl (C=O) groups excluding carboxylic acids is 1. The van der Waals surface area contributed by atoms with Crippen molar-refractivity contribution in [3.63, 3.8) is 0 Å². The number of hydrogen-bond donors (Lipinski definition) is 2. The fourth-order valence-electron chi connectivity index (χ4n) is 3.37.